The van der Waals surface area contributed by atoms with Crippen molar-refractivity contribution < 1.29 is 17.9 Å². The lowest BCUT2D eigenvalue weighted by atomic mass is 10.3. The summed E-state index contributed by atoms with van der Waals surface area (Å²) in [7, 11) is -2.40. The number of benzene rings is 2. The molecule has 0 spiro atoms. The Kier molecular flexibility index (Phi) is 5.55. The summed E-state index contributed by atoms with van der Waals surface area (Å²) < 4.78 is 31.2. The standard InChI is InChI=1S/C19H17N3O5S/c1-27-15-7-5-6-14(12-15)20-17(23)13-22-19(24)11-10-18(21-22)28(25,26)16-8-3-2-4-9-16/h2-12H,13H2,1H3,(H,20,23). The minimum Gasteiger partial charge on any atom is -0.497 e. The number of ether oxygens (including phenoxy) is 1. The van der Waals surface area contributed by atoms with Gasteiger partial charge in [-0.3, -0.25) is 9.59 Å². The summed E-state index contributed by atoms with van der Waals surface area (Å²) >= 11 is 0. The number of methoxy groups -OCH3 is 1. The molecule has 0 bridgehead atoms. The zero-order valence-corrected chi connectivity index (χ0v) is 15.7. The fourth-order valence-corrected chi connectivity index (χ4v) is 3.65. The maximum absolute atomic E-state index is 12.7. The van der Waals surface area contributed by atoms with Crippen LogP contribution in [0.5, 0.6) is 5.75 Å². The Hall–Kier alpha value is -3.46. The number of carbonyl (C=O) groups is 1. The summed E-state index contributed by atoms with van der Waals surface area (Å²) in [5, 5.41) is 6.17. The molecule has 1 aromatic heterocycles. The molecule has 0 unspecified atom stereocenters. The predicted molar refractivity (Wildman–Crippen MR) is 102 cm³/mol. The minimum atomic E-state index is -3.90. The lowest BCUT2D eigenvalue weighted by Crippen LogP contribution is -2.30. The lowest BCUT2D eigenvalue weighted by Gasteiger charge is -2.09. The Morgan fingerprint density at radius 3 is 2.54 bits per heavy atom. The van der Waals surface area contributed by atoms with E-state index >= 15 is 0 Å². The summed E-state index contributed by atoms with van der Waals surface area (Å²) in [6.45, 7) is -0.436. The molecule has 0 atom stereocenters. The van der Waals surface area contributed by atoms with Gasteiger partial charge in [0.2, 0.25) is 15.7 Å². The molecule has 0 aliphatic heterocycles. The molecule has 2 aromatic carbocycles. The second kappa shape index (κ2) is 8.05. The Morgan fingerprint density at radius 1 is 1.07 bits per heavy atom. The zero-order valence-electron chi connectivity index (χ0n) is 14.9. The monoisotopic (exact) mass is 399 g/mol. The molecular formula is C19H17N3O5S. The number of hydrogen-bond acceptors (Lipinski definition) is 6. The van der Waals surface area contributed by atoms with Crippen molar-refractivity contribution in [1.29, 1.82) is 0 Å². The number of sulfone groups is 1. The van der Waals surface area contributed by atoms with E-state index in [2.05, 4.69) is 10.4 Å². The molecule has 144 valence electrons. The average Bonchev–Trinajstić information content (AvgIpc) is 2.70. The van der Waals surface area contributed by atoms with Gasteiger partial charge in [-0.05, 0) is 30.3 Å². The van der Waals surface area contributed by atoms with Crippen molar-refractivity contribution >= 4 is 21.4 Å². The molecule has 0 fully saturated rings. The Bertz CT molecular complexity index is 1160. The van der Waals surface area contributed by atoms with Crippen LogP contribution in [0.4, 0.5) is 5.69 Å². The summed E-state index contributed by atoms with van der Waals surface area (Å²) in [6.07, 6.45) is 0. The van der Waals surface area contributed by atoms with Gasteiger partial charge in [-0.1, -0.05) is 24.3 Å². The van der Waals surface area contributed by atoms with E-state index in [0.29, 0.717) is 11.4 Å². The molecule has 0 radical (unpaired) electrons. The van der Waals surface area contributed by atoms with E-state index in [4.69, 9.17) is 4.74 Å². The largest absolute Gasteiger partial charge is 0.497 e. The number of rotatable bonds is 6. The van der Waals surface area contributed by atoms with Gasteiger partial charge < -0.3 is 10.1 Å². The van der Waals surface area contributed by atoms with E-state index in [0.717, 1.165) is 16.8 Å². The van der Waals surface area contributed by atoms with Crippen LogP contribution in [0.3, 0.4) is 0 Å². The van der Waals surface area contributed by atoms with E-state index in [9.17, 15) is 18.0 Å². The van der Waals surface area contributed by atoms with Gasteiger partial charge >= 0.3 is 0 Å². The van der Waals surface area contributed by atoms with Gasteiger partial charge in [0, 0.05) is 17.8 Å². The fourth-order valence-electron chi connectivity index (χ4n) is 2.44. The van der Waals surface area contributed by atoms with Crippen LogP contribution in [-0.4, -0.2) is 31.2 Å². The van der Waals surface area contributed by atoms with E-state index in [-0.39, 0.29) is 9.92 Å². The first-order chi connectivity index (χ1) is 13.4. The third-order valence-electron chi connectivity index (χ3n) is 3.82. The van der Waals surface area contributed by atoms with Crippen molar-refractivity contribution in [2.24, 2.45) is 0 Å². The summed E-state index contributed by atoms with van der Waals surface area (Å²) in [5.74, 6) is 0.0288. The normalized spacial score (nSPS) is 11.0. The molecule has 0 saturated carbocycles. The van der Waals surface area contributed by atoms with E-state index in [1.54, 1.807) is 42.5 Å². The number of aromatic nitrogens is 2. The molecule has 1 N–H and O–H groups in total. The average molecular weight is 399 g/mol. The third kappa shape index (κ3) is 4.26. The van der Waals surface area contributed by atoms with Crippen LogP contribution in [0.1, 0.15) is 0 Å². The Morgan fingerprint density at radius 2 is 1.82 bits per heavy atom. The highest BCUT2D eigenvalue weighted by Gasteiger charge is 2.20. The van der Waals surface area contributed by atoms with Crippen LogP contribution in [0.15, 0.2) is 81.4 Å². The molecule has 1 amide bonds. The number of carbonyl (C=O) groups excluding carboxylic acids is 1. The molecule has 0 aliphatic rings. The van der Waals surface area contributed by atoms with Gasteiger partial charge in [0.05, 0.1) is 12.0 Å². The fraction of sp³-hybridized carbons (Fsp3) is 0.105. The van der Waals surface area contributed by atoms with Crippen molar-refractivity contribution in [1.82, 2.24) is 9.78 Å². The molecule has 8 nitrogen and oxygen atoms in total. The first-order valence-corrected chi connectivity index (χ1v) is 9.71. The van der Waals surface area contributed by atoms with Gasteiger partial charge in [-0.2, -0.15) is 5.10 Å². The Labute approximate surface area is 161 Å². The maximum Gasteiger partial charge on any atom is 0.267 e. The van der Waals surface area contributed by atoms with Crippen LogP contribution in [0.2, 0.25) is 0 Å². The Balaban J connectivity index is 1.84. The molecule has 3 rings (SSSR count). The van der Waals surface area contributed by atoms with Gasteiger partial charge in [-0.15, -0.1) is 0 Å². The highest BCUT2D eigenvalue weighted by molar-refractivity contribution is 7.91. The highest BCUT2D eigenvalue weighted by Crippen LogP contribution is 2.18. The first kappa shape index (κ1) is 19.3. The quantitative estimate of drug-likeness (QED) is 0.676. The summed E-state index contributed by atoms with van der Waals surface area (Å²) in [4.78, 5) is 24.3. The van der Waals surface area contributed by atoms with Crippen LogP contribution in [0, 0.1) is 0 Å². The lowest BCUT2D eigenvalue weighted by molar-refractivity contribution is -0.117. The third-order valence-corrected chi connectivity index (χ3v) is 5.48. The van der Waals surface area contributed by atoms with Gasteiger partial charge in [0.25, 0.3) is 5.56 Å². The van der Waals surface area contributed by atoms with Crippen molar-refractivity contribution in [3.8, 4) is 5.75 Å². The topological polar surface area (TPSA) is 107 Å². The molecule has 0 aliphatic carbocycles. The summed E-state index contributed by atoms with van der Waals surface area (Å²) in [5.41, 5.74) is -0.113. The van der Waals surface area contributed by atoms with Crippen LogP contribution < -0.4 is 15.6 Å². The van der Waals surface area contributed by atoms with Crippen molar-refractivity contribution in [3.05, 3.63) is 77.1 Å². The molecule has 9 heteroatoms. The number of nitrogens with one attached hydrogen (secondary N) is 1. The number of amides is 1. The van der Waals surface area contributed by atoms with E-state index in [1.165, 1.54) is 19.2 Å². The van der Waals surface area contributed by atoms with Crippen LogP contribution in [0.25, 0.3) is 0 Å². The highest BCUT2D eigenvalue weighted by atomic mass is 32.2. The van der Waals surface area contributed by atoms with E-state index in [1.807, 2.05) is 0 Å². The second-order valence-corrected chi connectivity index (χ2v) is 7.66. The SMILES string of the molecule is COc1cccc(NC(=O)Cn2nc(S(=O)(=O)c3ccccc3)ccc2=O)c1. The summed E-state index contributed by atoms with van der Waals surface area (Å²) in [6, 6.07) is 16.6. The van der Waals surface area contributed by atoms with Crippen LogP contribution >= 0.6 is 0 Å². The molecule has 3 aromatic rings. The van der Waals surface area contributed by atoms with Crippen LogP contribution in [-0.2, 0) is 21.2 Å². The number of hydrogen-bond donors (Lipinski definition) is 1. The maximum atomic E-state index is 12.7. The second-order valence-electron chi connectivity index (χ2n) is 5.76. The zero-order chi connectivity index (χ0) is 20.1. The molecule has 28 heavy (non-hydrogen) atoms. The van der Waals surface area contributed by atoms with Gasteiger partial charge in [-0.25, -0.2) is 13.1 Å². The predicted octanol–water partition coefficient (Wildman–Crippen LogP) is 1.72. The van der Waals surface area contributed by atoms with Gasteiger partial charge in [0.1, 0.15) is 12.3 Å². The van der Waals surface area contributed by atoms with Crippen molar-refractivity contribution in [3.63, 3.8) is 0 Å². The van der Waals surface area contributed by atoms with Gasteiger partial charge in [0.15, 0.2) is 5.03 Å². The molecular weight excluding hydrogens is 382 g/mol. The number of anilines is 1. The molecule has 1 heterocycles. The minimum absolute atomic E-state index is 0.0496. The van der Waals surface area contributed by atoms with Crippen molar-refractivity contribution in [2.45, 2.75) is 16.5 Å². The van der Waals surface area contributed by atoms with E-state index < -0.39 is 27.8 Å². The first-order valence-electron chi connectivity index (χ1n) is 8.22. The molecule has 0 saturated heterocycles. The van der Waals surface area contributed by atoms with Crippen molar-refractivity contribution in [2.75, 3.05) is 12.4 Å². The smallest absolute Gasteiger partial charge is 0.267 e. The number of nitrogens with zero attached hydrogens (tertiary/aromatic N) is 2.